The molecule has 2 heterocycles. The summed E-state index contributed by atoms with van der Waals surface area (Å²) in [7, 11) is 3.95. The zero-order chi connectivity index (χ0) is 17.3. The summed E-state index contributed by atoms with van der Waals surface area (Å²) in [5.41, 5.74) is 1.38. The number of hydrogen-bond acceptors (Lipinski definition) is 5. The van der Waals surface area contributed by atoms with E-state index in [-0.39, 0.29) is 17.0 Å². The summed E-state index contributed by atoms with van der Waals surface area (Å²) in [5, 5.41) is 9.11. The molecule has 1 aromatic heterocycles. The average Bonchev–Trinajstić information content (AvgIpc) is 3.10. The molecule has 0 atom stereocenters. The van der Waals surface area contributed by atoms with Crippen LogP contribution in [0.15, 0.2) is 30.6 Å². The highest BCUT2D eigenvalue weighted by Gasteiger charge is 2.27. The fourth-order valence-corrected chi connectivity index (χ4v) is 2.37. The number of amides is 3. The number of nitrogens with zero attached hydrogens (tertiary/aromatic N) is 3. The van der Waals surface area contributed by atoms with E-state index in [4.69, 9.17) is 0 Å². The van der Waals surface area contributed by atoms with Crippen molar-refractivity contribution in [3.05, 3.63) is 47.3 Å². The Labute approximate surface area is 138 Å². The van der Waals surface area contributed by atoms with Gasteiger partial charge in [-0.05, 0) is 32.3 Å². The van der Waals surface area contributed by atoms with Crippen LogP contribution in [0.4, 0.5) is 5.69 Å². The number of nitrogens with one attached hydrogen (secondary N) is 2. The Morgan fingerprint density at radius 2 is 2.00 bits per heavy atom. The number of fused-ring (bicyclic) bond motifs is 1. The molecule has 8 heteroatoms. The fraction of sp³-hybridized carbons (Fsp3) is 0.250. The van der Waals surface area contributed by atoms with E-state index in [1.165, 1.54) is 18.2 Å². The molecule has 0 fully saturated rings. The van der Waals surface area contributed by atoms with Crippen molar-refractivity contribution < 1.29 is 14.4 Å². The largest absolute Gasteiger partial charge is 0.319 e. The molecule has 8 nitrogen and oxygen atoms in total. The molecule has 1 aliphatic rings. The number of carbonyl (C=O) groups excluding carboxylic acids is 3. The summed E-state index contributed by atoms with van der Waals surface area (Å²) < 4.78 is 1.74. The van der Waals surface area contributed by atoms with Gasteiger partial charge in [-0.2, -0.15) is 5.10 Å². The molecule has 1 aromatic carbocycles. The molecule has 2 aromatic rings. The molecule has 0 saturated carbocycles. The predicted molar refractivity (Wildman–Crippen MR) is 87.0 cm³/mol. The molecular formula is C16H17N5O3. The molecular weight excluding hydrogens is 310 g/mol. The highest BCUT2D eigenvalue weighted by molar-refractivity contribution is 6.22. The SMILES string of the molecule is CN(C)CCn1cc(NC(=O)c2ccc3c(c2)C(=O)NC3=O)cn1. The Hall–Kier alpha value is -3.00. The van der Waals surface area contributed by atoms with E-state index in [9.17, 15) is 14.4 Å². The van der Waals surface area contributed by atoms with Crippen LogP contribution in [0.2, 0.25) is 0 Å². The van der Waals surface area contributed by atoms with Crippen LogP contribution in [-0.2, 0) is 6.54 Å². The van der Waals surface area contributed by atoms with Gasteiger partial charge in [0.2, 0.25) is 0 Å². The molecule has 3 amide bonds. The molecule has 124 valence electrons. The third-order valence-corrected chi connectivity index (χ3v) is 3.67. The number of hydrogen-bond donors (Lipinski definition) is 2. The Morgan fingerprint density at radius 3 is 2.75 bits per heavy atom. The van der Waals surface area contributed by atoms with E-state index < -0.39 is 11.8 Å². The van der Waals surface area contributed by atoms with Crippen LogP contribution in [0, 0.1) is 0 Å². The van der Waals surface area contributed by atoms with E-state index in [1.54, 1.807) is 17.1 Å². The number of aromatic nitrogens is 2. The van der Waals surface area contributed by atoms with Gasteiger partial charge in [-0.1, -0.05) is 0 Å². The monoisotopic (exact) mass is 327 g/mol. The number of imide groups is 1. The van der Waals surface area contributed by atoms with E-state index in [1.807, 2.05) is 19.0 Å². The lowest BCUT2D eigenvalue weighted by Crippen LogP contribution is -2.19. The number of likely N-dealkylation sites (N-methyl/N-ethyl adjacent to an activating group) is 1. The molecule has 0 spiro atoms. The lowest BCUT2D eigenvalue weighted by atomic mass is 10.1. The minimum atomic E-state index is -0.485. The van der Waals surface area contributed by atoms with Crippen molar-refractivity contribution in [3.8, 4) is 0 Å². The molecule has 0 unspecified atom stereocenters. The van der Waals surface area contributed by atoms with Gasteiger partial charge < -0.3 is 10.2 Å². The normalized spacial score (nSPS) is 13.1. The third-order valence-electron chi connectivity index (χ3n) is 3.67. The van der Waals surface area contributed by atoms with Gasteiger partial charge in [0.1, 0.15) is 0 Å². The van der Waals surface area contributed by atoms with Crippen LogP contribution >= 0.6 is 0 Å². The van der Waals surface area contributed by atoms with Gasteiger partial charge in [0.05, 0.1) is 29.6 Å². The van der Waals surface area contributed by atoms with Crippen LogP contribution in [-0.4, -0.2) is 53.0 Å². The minimum absolute atomic E-state index is 0.217. The molecule has 3 rings (SSSR count). The van der Waals surface area contributed by atoms with Crippen molar-refractivity contribution in [2.24, 2.45) is 0 Å². The number of carbonyl (C=O) groups is 3. The van der Waals surface area contributed by atoms with Crippen molar-refractivity contribution >= 4 is 23.4 Å². The van der Waals surface area contributed by atoms with Gasteiger partial charge in [0.25, 0.3) is 17.7 Å². The summed E-state index contributed by atoms with van der Waals surface area (Å²) in [5.74, 6) is -1.29. The first-order valence-electron chi connectivity index (χ1n) is 7.42. The highest BCUT2D eigenvalue weighted by Crippen LogP contribution is 2.18. The predicted octanol–water partition coefficient (Wildman–Crippen LogP) is 0.581. The highest BCUT2D eigenvalue weighted by atomic mass is 16.2. The zero-order valence-electron chi connectivity index (χ0n) is 13.4. The third kappa shape index (κ3) is 3.18. The quantitative estimate of drug-likeness (QED) is 0.783. The summed E-state index contributed by atoms with van der Waals surface area (Å²) in [6.45, 7) is 1.55. The first kappa shape index (κ1) is 15.9. The van der Waals surface area contributed by atoms with Gasteiger partial charge in [-0.25, -0.2) is 0 Å². The Morgan fingerprint density at radius 1 is 1.25 bits per heavy atom. The standard InChI is InChI=1S/C16H17N5O3/c1-20(2)5-6-21-9-11(8-17-21)18-14(22)10-3-4-12-13(7-10)16(24)19-15(12)23/h3-4,7-9H,5-6H2,1-2H3,(H,18,22)(H,19,23,24). The minimum Gasteiger partial charge on any atom is -0.319 e. The second-order valence-electron chi connectivity index (χ2n) is 5.79. The number of benzene rings is 1. The second kappa shape index (κ2) is 6.25. The Kier molecular flexibility index (Phi) is 4.13. The molecule has 24 heavy (non-hydrogen) atoms. The van der Waals surface area contributed by atoms with E-state index in [2.05, 4.69) is 15.7 Å². The molecule has 0 saturated heterocycles. The van der Waals surface area contributed by atoms with Crippen LogP contribution in [0.25, 0.3) is 0 Å². The van der Waals surface area contributed by atoms with Gasteiger partial charge >= 0.3 is 0 Å². The van der Waals surface area contributed by atoms with Crippen LogP contribution < -0.4 is 10.6 Å². The zero-order valence-corrected chi connectivity index (χ0v) is 13.4. The summed E-state index contributed by atoms with van der Waals surface area (Å²) in [6, 6.07) is 4.41. The molecule has 2 N–H and O–H groups in total. The van der Waals surface area contributed by atoms with Crippen molar-refractivity contribution in [1.29, 1.82) is 0 Å². The van der Waals surface area contributed by atoms with Gasteiger partial charge in [0.15, 0.2) is 0 Å². The van der Waals surface area contributed by atoms with Gasteiger partial charge in [-0.3, -0.25) is 24.4 Å². The summed E-state index contributed by atoms with van der Waals surface area (Å²) >= 11 is 0. The van der Waals surface area contributed by atoms with Crippen molar-refractivity contribution in [3.63, 3.8) is 0 Å². The molecule has 1 aliphatic heterocycles. The molecule has 0 radical (unpaired) electrons. The smallest absolute Gasteiger partial charge is 0.258 e. The lowest BCUT2D eigenvalue weighted by Gasteiger charge is -2.08. The Bertz CT molecular complexity index is 825. The Balaban J connectivity index is 1.71. The van der Waals surface area contributed by atoms with Crippen molar-refractivity contribution in [1.82, 2.24) is 20.0 Å². The van der Waals surface area contributed by atoms with Crippen LogP contribution in [0.1, 0.15) is 31.1 Å². The molecule has 0 bridgehead atoms. The topological polar surface area (TPSA) is 96.3 Å². The summed E-state index contributed by atoms with van der Waals surface area (Å²) in [4.78, 5) is 37.5. The average molecular weight is 327 g/mol. The van der Waals surface area contributed by atoms with Crippen LogP contribution in [0.5, 0.6) is 0 Å². The summed E-state index contributed by atoms with van der Waals surface area (Å²) in [6.07, 6.45) is 3.31. The first-order valence-corrected chi connectivity index (χ1v) is 7.42. The number of anilines is 1. The second-order valence-corrected chi connectivity index (χ2v) is 5.79. The number of rotatable bonds is 5. The first-order chi connectivity index (χ1) is 11.4. The van der Waals surface area contributed by atoms with E-state index >= 15 is 0 Å². The van der Waals surface area contributed by atoms with E-state index in [0.717, 1.165) is 6.54 Å². The maximum atomic E-state index is 12.3. The lowest BCUT2D eigenvalue weighted by molar-refractivity contribution is 0.0879. The molecule has 0 aliphatic carbocycles. The maximum absolute atomic E-state index is 12.3. The van der Waals surface area contributed by atoms with E-state index in [0.29, 0.717) is 17.8 Å². The maximum Gasteiger partial charge on any atom is 0.258 e. The van der Waals surface area contributed by atoms with Gasteiger partial charge in [-0.15, -0.1) is 0 Å². The van der Waals surface area contributed by atoms with Gasteiger partial charge in [0, 0.05) is 18.3 Å². The fourth-order valence-electron chi connectivity index (χ4n) is 2.37. The van der Waals surface area contributed by atoms with Crippen molar-refractivity contribution in [2.45, 2.75) is 6.54 Å². The van der Waals surface area contributed by atoms with Crippen molar-refractivity contribution in [2.75, 3.05) is 26.0 Å². The van der Waals surface area contributed by atoms with Crippen LogP contribution in [0.3, 0.4) is 0 Å².